The Morgan fingerprint density at radius 1 is 1.26 bits per heavy atom. The van der Waals surface area contributed by atoms with E-state index in [2.05, 4.69) is 9.97 Å². The molecule has 100 valence electrons. The van der Waals surface area contributed by atoms with Crippen LogP contribution in [-0.4, -0.2) is 17.1 Å². The first-order chi connectivity index (χ1) is 9.11. The average Bonchev–Trinajstić information content (AvgIpc) is 2.43. The second-order valence-corrected chi connectivity index (χ2v) is 4.81. The molecular formula is C13H13Cl2N3O. The van der Waals surface area contributed by atoms with Gasteiger partial charge >= 0.3 is 0 Å². The minimum Gasteiger partial charge on any atom is -0.481 e. The summed E-state index contributed by atoms with van der Waals surface area (Å²) >= 11 is 12.2. The fourth-order valence-electron chi connectivity index (χ4n) is 1.72. The summed E-state index contributed by atoms with van der Waals surface area (Å²) in [4.78, 5) is 8.08. The van der Waals surface area contributed by atoms with Crippen molar-refractivity contribution in [2.45, 2.75) is 12.5 Å². The Hall–Kier alpha value is -1.36. The quantitative estimate of drug-likeness (QED) is 0.942. The number of benzene rings is 1. The molecule has 0 bridgehead atoms. The van der Waals surface area contributed by atoms with Crippen LogP contribution in [-0.2, 0) is 6.42 Å². The van der Waals surface area contributed by atoms with Crippen molar-refractivity contribution in [3.8, 4) is 5.88 Å². The maximum Gasteiger partial charge on any atom is 0.216 e. The average molecular weight is 298 g/mol. The van der Waals surface area contributed by atoms with E-state index >= 15 is 0 Å². The number of methoxy groups -OCH3 is 1. The molecule has 1 aromatic heterocycles. The van der Waals surface area contributed by atoms with E-state index in [4.69, 9.17) is 33.7 Å². The number of nitrogens with two attached hydrogens (primary N) is 1. The van der Waals surface area contributed by atoms with Gasteiger partial charge in [-0.3, -0.25) is 0 Å². The van der Waals surface area contributed by atoms with Gasteiger partial charge in [-0.25, -0.2) is 9.97 Å². The van der Waals surface area contributed by atoms with E-state index in [-0.39, 0.29) is 6.04 Å². The van der Waals surface area contributed by atoms with Crippen molar-refractivity contribution in [2.75, 3.05) is 7.11 Å². The van der Waals surface area contributed by atoms with Crippen molar-refractivity contribution >= 4 is 23.2 Å². The number of rotatable bonds is 4. The number of ether oxygens (including phenoxy) is 1. The summed E-state index contributed by atoms with van der Waals surface area (Å²) in [6.07, 6.45) is 1.92. The van der Waals surface area contributed by atoms with E-state index in [9.17, 15) is 0 Å². The smallest absolute Gasteiger partial charge is 0.216 e. The number of halogens is 2. The maximum absolute atomic E-state index is 6.13. The van der Waals surface area contributed by atoms with Crippen LogP contribution in [0.2, 0.25) is 10.0 Å². The second kappa shape index (κ2) is 6.19. The molecule has 1 unspecified atom stereocenters. The molecule has 0 amide bonds. The lowest BCUT2D eigenvalue weighted by atomic mass is 10.0. The van der Waals surface area contributed by atoms with Crippen LogP contribution in [0.15, 0.2) is 30.6 Å². The predicted octanol–water partition coefficient (Wildman–Crippen LogP) is 3.03. The fraction of sp³-hybridized carbons (Fsp3) is 0.231. The molecule has 0 aliphatic rings. The lowest BCUT2D eigenvalue weighted by Crippen LogP contribution is -2.15. The van der Waals surface area contributed by atoms with Crippen molar-refractivity contribution < 1.29 is 4.74 Å². The van der Waals surface area contributed by atoms with E-state index in [1.54, 1.807) is 31.4 Å². The van der Waals surface area contributed by atoms with Gasteiger partial charge in [-0.05, 0) is 24.1 Å². The molecule has 0 fully saturated rings. The van der Waals surface area contributed by atoms with Gasteiger partial charge in [-0.2, -0.15) is 0 Å². The third-order valence-corrected chi connectivity index (χ3v) is 3.45. The summed E-state index contributed by atoms with van der Waals surface area (Å²) < 4.78 is 5.04. The van der Waals surface area contributed by atoms with Crippen molar-refractivity contribution in [3.63, 3.8) is 0 Å². The fourth-order valence-corrected chi connectivity index (χ4v) is 2.27. The largest absolute Gasteiger partial charge is 0.481 e. The summed E-state index contributed by atoms with van der Waals surface area (Å²) in [7, 11) is 1.54. The Labute approximate surface area is 121 Å². The number of hydrogen-bond donors (Lipinski definition) is 1. The minimum absolute atomic E-state index is 0.325. The molecule has 0 saturated heterocycles. The Morgan fingerprint density at radius 2 is 1.95 bits per heavy atom. The molecule has 0 saturated carbocycles. The zero-order valence-electron chi connectivity index (χ0n) is 10.3. The van der Waals surface area contributed by atoms with Crippen molar-refractivity contribution in [1.82, 2.24) is 9.97 Å². The molecule has 19 heavy (non-hydrogen) atoms. The summed E-state index contributed by atoms with van der Waals surface area (Å²) in [6, 6.07) is 6.75. The lowest BCUT2D eigenvalue weighted by Gasteiger charge is -2.13. The van der Waals surface area contributed by atoms with Crippen molar-refractivity contribution in [2.24, 2.45) is 5.73 Å². The summed E-state index contributed by atoms with van der Waals surface area (Å²) in [5.74, 6) is 0.478. The Morgan fingerprint density at radius 3 is 2.58 bits per heavy atom. The van der Waals surface area contributed by atoms with Crippen LogP contribution in [0.3, 0.4) is 0 Å². The van der Waals surface area contributed by atoms with Crippen LogP contribution in [0.1, 0.15) is 17.3 Å². The zero-order valence-corrected chi connectivity index (χ0v) is 11.8. The maximum atomic E-state index is 6.13. The van der Waals surface area contributed by atoms with Crippen LogP contribution in [0.4, 0.5) is 0 Å². The van der Waals surface area contributed by atoms with E-state index in [1.807, 2.05) is 0 Å². The van der Waals surface area contributed by atoms with Gasteiger partial charge in [0.05, 0.1) is 18.8 Å². The SMILES string of the molecule is COc1cc(C(N)Cc2c(Cl)cccc2Cl)ncn1. The molecule has 0 spiro atoms. The highest BCUT2D eigenvalue weighted by molar-refractivity contribution is 6.36. The van der Waals surface area contributed by atoms with Crippen LogP contribution in [0.25, 0.3) is 0 Å². The van der Waals surface area contributed by atoms with Gasteiger partial charge in [0.15, 0.2) is 0 Å². The molecule has 1 heterocycles. The summed E-state index contributed by atoms with van der Waals surface area (Å²) in [6.45, 7) is 0. The molecule has 4 nitrogen and oxygen atoms in total. The highest BCUT2D eigenvalue weighted by Gasteiger charge is 2.14. The molecule has 0 radical (unpaired) electrons. The van der Waals surface area contributed by atoms with E-state index in [0.717, 1.165) is 5.56 Å². The molecular weight excluding hydrogens is 285 g/mol. The van der Waals surface area contributed by atoms with Gasteiger partial charge in [-0.15, -0.1) is 0 Å². The lowest BCUT2D eigenvalue weighted by molar-refractivity contribution is 0.395. The zero-order chi connectivity index (χ0) is 13.8. The van der Waals surface area contributed by atoms with Gasteiger partial charge < -0.3 is 10.5 Å². The van der Waals surface area contributed by atoms with E-state index in [0.29, 0.717) is 28.0 Å². The Balaban J connectivity index is 2.23. The van der Waals surface area contributed by atoms with Gasteiger partial charge in [0.2, 0.25) is 5.88 Å². The number of hydrogen-bond acceptors (Lipinski definition) is 4. The Kier molecular flexibility index (Phi) is 4.58. The van der Waals surface area contributed by atoms with Crippen LogP contribution in [0, 0.1) is 0 Å². The van der Waals surface area contributed by atoms with Crippen molar-refractivity contribution in [1.29, 1.82) is 0 Å². The monoisotopic (exact) mass is 297 g/mol. The molecule has 2 aromatic rings. The van der Waals surface area contributed by atoms with Crippen LogP contribution < -0.4 is 10.5 Å². The highest BCUT2D eigenvalue weighted by Crippen LogP contribution is 2.28. The van der Waals surface area contributed by atoms with Gasteiger partial charge in [0, 0.05) is 16.1 Å². The molecule has 0 aliphatic heterocycles. The molecule has 6 heteroatoms. The normalized spacial score (nSPS) is 12.2. The predicted molar refractivity (Wildman–Crippen MR) is 75.7 cm³/mol. The first-order valence-corrected chi connectivity index (χ1v) is 6.42. The number of aromatic nitrogens is 2. The molecule has 2 N–H and O–H groups in total. The molecule has 1 atom stereocenters. The van der Waals surface area contributed by atoms with Crippen LogP contribution in [0.5, 0.6) is 5.88 Å². The third kappa shape index (κ3) is 3.35. The van der Waals surface area contributed by atoms with E-state index in [1.165, 1.54) is 6.33 Å². The molecule has 2 rings (SSSR count). The number of nitrogens with zero attached hydrogens (tertiary/aromatic N) is 2. The molecule has 1 aromatic carbocycles. The summed E-state index contributed by atoms with van der Waals surface area (Å²) in [5, 5.41) is 1.20. The van der Waals surface area contributed by atoms with E-state index < -0.39 is 0 Å². The highest BCUT2D eigenvalue weighted by atomic mass is 35.5. The summed E-state index contributed by atoms with van der Waals surface area (Å²) in [5.41, 5.74) is 7.62. The first kappa shape index (κ1) is 14.1. The topological polar surface area (TPSA) is 61.0 Å². The van der Waals surface area contributed by atoms with Crippen molar-refractivity contribution in [3.05, 3.63) is 51.9 Å². The third-order valence-electron chi connectivity index (χ3n) is 2.74. The minimum atomic E-state index is -0.325. The van der Waals surface area contributed by atoms with Crippen LogP contribution >= 0.6 is 23.2 Å². The second-order valence-electron chi connectivity index (χ2n) is 4.00. The Bertz CT molecular complexity index is 557. The molecule has 0 aliphatic carbocycles. The van der Waals surface area contributed by atoms with Gasteiger partial charge in [-0.1, -0.05) is 29.3 Å². The first-order valence-electron chi connectivity index (χ1n) is 5.66. The standard InChI is InChI=1S/C13H13Cl2N3O/c1-19-13-6-12(17-7-18-13)11(16)5-8-9(14)3-2-4-10(8)15/h2-4,6-7,11H,5,16H2,1H3. The van der Waals surface area contributed by atoms with Gasteiger partial charge in [0.1, 0.15) is 6.33 Å². The van der Waals surface area contributed by atoms with Gasteiger partial charge in [0.25, 0.3) is 0 Å².